The van der Waals surface area contributed by atoms with Gasteiger partial charge in [-0.05, 0) is 46.8 Å². The van der Waals surface area contributed by atoms with E-state index < -0.39 is 11.7 Å². The number of nitrogens with one attached hydrogen (secondary N) is 1. The molecule has 1 heterocycles. The monoisotopic (exact) mass is 397 g/mol. The Labute approximate surface area is 139 Å². The Balaban J connectivity index is 1.98. The van der Waals surface area contributed by atoms with Gasteiger partial charge in [-0.3, -0.25) is 14.3 Å². The summed E-state index contributed by atoms with van der Waals surface area (Å²) in [6.07, 6.45) is -0.253. The topological polar surface area (TPSA) is 64.0 Å². The SMILES string of the molecule is O=C(Cl)CCCNC(=O)Cn1nc(C(F)F)c(Br)c1C1CC1. The maximum absolute atomic E-state index is 12.9. The Morgan fingerprint density at radius 3 is 2.68 bits per heavy atom. The summed E-state index contributed by atoms with van der Waals surface area (Å²) in [7, 11) is 0. The first-order valence-electron chi connectivity index (χ1n) is 6.89. The van der Waals surface area contributed by atoms with Crippen LogP contribution in [0.15, 0.2) is 4.47 Å². The van der Waals surface area contributed by atoms with Crippen LogP contribution in [0.3, 0.4) is 0 Å². The minimum Gasteiger partial charge on any atom is -0.354 e. The van der Waals surface area contributed by atoms with E-state index in [1.165, 1.54) is 4.68 Å². The molecule has 122 valence electrons. The average molecular weight is 399 g/mol. The third-order valence-corrected chi connectivity index (χ3v) is 4.29. The van der Waals surface area contributed by atoms with Crippen molar-refractivity contribution in [3.8, 4) is 0 Å². The lowest BCUT2D eigenvalue weighted by molar-refractivity contribution is -0.122. The molecule has 0 radical (unpaired) electrons. The number of amides is 1. The van der Waals surface area contributed by atoms with Crippen molar-refractivity contribution in [3.05, 3.63) is 15.9 Å². The zero-order valence-electron chi connectivity index (χ0n) is 11.6. The molecule has 5 nitrogen and oxygen atoms in total. The summed E-state index contributed by atoms with van der Waals surface area (Å²) >= 11 is 8.36. The summed E-state index contributed by atoms with van der Waals surface area (Å²) in [4.78, 5) is 22.4. The molecule has 1 saturated carbocycles. The molecule has 0 unspecified atom stereocenters. The minimum atomic E-state index is -2.69. The van der Waals surface area contributed by atoms with Crippen LogP contribution < -0.4 is 5.32 Å². The zero-order valence-corrected chi connectivity index (χ0v) is 14.0. The van der Waals surface area contributed by atoms with E-state index in [-0.39, 0.29) is 30.5 Å². The third-order valence-electron chi connectivity index (χ3n) is 3.29. The maximum atomic E-state index is 12.9. The van der Waals surface area contributed by atoms with Gasteiger partial charge in [-0.2, -0.15) is 5.10 Å². The standard InChI is InChI=1S/C13H15BrClF2N3O2/c14-10-11(13(16)17)19-20(12(10)7-3-4-7)6-9(22)18-5-1-2-8(15)21/h7,13H,1-6H2,(H,18,22). The predicted molar refractivity (Wildman–Crippen MR) is 80.0 cm³/mol. The number of rotatable bonds is 8. The summed E-state index contributed by atoms with van der Waals surface area (Å²) < 4.78 is 27.5. The van der Waals surface area contributed by atoms with Gasteiger partial charge < -0.3 is 5.32 Å². The van der Waals surface area contributed by atoms with Crippen molar-refractivity contribution in [1.29, 1.82) is 0 Å². The Bertz CT molecular complexity index is 576. The number of carbonyl (C=O) groups excluding carboxylic acids is 2. The number of alkyl halides is 2. The lowest BCUT2D eigenvalue weighted by Crippen LogP contribution is -2.29. The highest BCUT2D eigenvalue weighted by Gasteiger charge is 2.34. The van der Waals surface area contributed by atoms with E-state index >= 15 is 0 Å². The quantitative estimate of drug-likeness (QED) is 0.540. The first-order valence-corrected chi connectivity index (χ1v) is 8.06. The fourth-order valence-corrected chi connectivity index (χ4v) is 3.04. The Kier molecular flexibility index (Phi) is 5.91. The molecular weight excluding hydrogens is 384 g/mol. The van der Waals surface area contributed by atoms with Crippen LogP contribution in [0.25, 0.3) is 0 Å². The summed E-state index contributed by atoms with van der Waals surface area (Å²) in [6, 6.07) is 0. The molecule has 1 aliphatic rings. The number of aromatic nitrogens is 2. The fourth-order valence-electron chi connectivity index (χ4n) is 2.13. The minimum absolute atomic E-state index is 0.119. The number of halogens is 4. The highest BCUT2D eigenvalue weighted by molar-refractivity contribution is 9.10. The lowest BCUT2D eigenvalue weighted by atomic mass is 10.2. The number of hydrogen-bond acceptors (Lipinski definition) is 3. The molecule has 1 aliphatic carbocycles. The van der Waals surface area contributed by atoms with Crippen molar-refractivity contribution < 1.29 is 18.4 Å². The van der Waals surface area contributed by atoms with Crippen LogP contribution in [0.5, 0.6) is 0 Å². The molecule has 0 saturated heterocycles. The molecule has 1 aromatic rings. The van der Waals surface area contributed by atoms with Crippen molar-refractivity contribution in [2.75, 3.05) is 6.54 Å². The molecule has 0 aromatic carbocycles. The normalized spacial score (nSPS) is 14.4. The zero-order chi connectivity index (χ0) is 16.3. The second kappa shape index (κ2) is 7.50. The molecule has 22 heavy (non-hydrogen) atoms. The van der Waals surface area contributed by atoms with Crippen LogP contribution in [-0.4, -0.2) is 27.5 Å². The van der Waals surface area contributed by atoms with E-state index in [1.807, 2.05) is 0 Å². The lowest BCUT2D eigenvalue weighted by Gasteiger charge is -2.08. The molecular formula is C13H15BrClF2N3O2. The molecule has 1 aromatic heterocycles. The Morgan fingerprint density at radius 1 is 1.45 bits per heavy atom. The van der Waals surface area contributed by atoms with Crippen LogP contribution in [0.4, 0.5) is 8.78 Å². The molecule has 1 fully saturated rings. The maximum Gasteiger partial charge on any atom is 0.283 e. The van der Waals surface area contributed by atoms with Crippen molar-refractivity contribution in [3.63, 3.8) is 0 Å². The van der Waals surface area contributed by atoms with Gasteiger partial charge >= 0.3 is 0 Å². The van der Waals surface area contributed by atoms with Crippen LogP contribution in [0.2, 0.25) is 0 Å². The van der Waals surface area contributed by atoms with Crippen molar-refractivity contribution in [2.45, 2.75) is 44.6 Å². The smallest absolute Gasteiger partial charge is 0.283 e. The van der Waals surface area contributed by atoms with Crippen LogP contribution in [0, 0.1) is 0 Å². The van der Waals surface area contributed by atoms with Crippen molar-refractivity contribution in [1.82, 2.24) is 15.1 Å². The third kappa shape index (κ3) is 4.49. The van der Waals surface area contributed by atoms with E-state index in [2.05, 4.69) is 26.3 Å². The largest absolute Gasteiger partial charge is 0.354 e. The number of nitrogens with zero attached hydrogens (tertiary/aromatic N) is 2. The average Bonchev–Trinajstić information content (AvgIpc) is 3.20. The van der Waals surface area contributed by atoms with Gasteiger partial charge in [0.25, 0.3) is 6.43 Å². The summed E-state index contributed by atoms with van der Waals surface area (Å²) in [5.41, 5.74) is 0.323. The predicted octanol–water partition coefficient (Wildman–Crippen LogP) is 3.12. The van der Waals surface area contributed by atoms with E-state index in [4.69, 9.17) is 11.6 Å². The van der Waals surface area contributed by atoms with Gasteiger partial charge in [0.2, 0.25) is 11.1 Å². The van der Waals surface area contributed by atoms with Gasteiger partial charge in [0.05, 0.1) is 10.2 Å². The van der Waals surface area contributed by atoms with Crippen molar-refractivity contribution in [2.24, 2.45) is 0 Å². The van der Waals surface area contributed by atoms with Crippen molar-refractivity contribution >= 4 is 38.7 Å². The molecule has 0 bridgehead atoms. The van der Waals surface area contributed by atoms with E-state index in [1.54, 1.807) is 0 Å². The summed E-state index contributed by atoms with van der Waals surface area (Å²) in [5, 5.41) is 6.01. The van der Waals surface area contributed by atoms with Gasteiger partial charge in [0.15, 0.2) is 0 Å². The first-order chi connectivity index (χ1) is 10.4. The number of hydrogen-bond donors (Lipinski definition) is 1. The van der Waals surface area contributed by atoms with E-state index in [0.29, 0.717) is 23.1 Å². The van der Waals surface area contributed by atoms with Crippen LogP contribution in [0.1, 0.15) is 49.4 Å². The van der Waals surface area contributed by atoms with E-state index in [0.717, 1.165) is 12.8 Å². The molecule has 0 atom stereocenters. The second-order valence-electron chi connectivity index (χ2n) is 5.13. The second-order valence-corrected chi connectivity index (χ2v) is 6.34. The molecule has 2 rings (SSSR count). The fraction of sp³-hybridized carbons (Fsp3) is 0.615. The molecule has 1 N–H and O–H groups in total. The first kappa shape index (κ1) is 17.3. The molecule has 1 amide bonds. The Morgan fingerprint density at radius 2 is 2.14 bits per heavy atom. The van der Waals surface area contributed by atoms with Gasteiger partial charge in [0, 0.05) is 18.9 Å². The van der Waals surface area contributed by atoms with Crippen LogP contribution >= 0.6 is 27.5 Å². The number of carbonyl (C=O) groups is 2. The summed E-state index contributed by atoms with van der Waals surface area (Å²) in [6.45, 7) is 0.187. The van der Waals surface area contributed by atoms with Gasteiger partial charge in [0.1, 0.15) is 12.2 Å². The van der Waals surface area contributed by atoms with Gasteiger partial charge in [-0.1, -0.05) is 0 Å². The van der Waals surface area contributed by atoms with Gasteiger partial charge in [-0.25, -0.2) is 8.78 Å². The Hall–Kier alpha value is -1.02. The molecule has 9 heteroatoms. The van der Waals surface area contributed by atoms with E-state index in [9.17, 15) is 18.4 Å². The highest BCUT2D eigenvalue weighted by atomic mass is 79.9. The molecule has 0 aliphatic heterocycles. The molecule has 0 spiro atoms. The van der Waals surface area contributed by atoms with Gasteiger partial charge in [-0.15, -0.1) is 0 Å². The van der Waals surface area contributed by atoms with Crippen LogP contribution in [-0.2, 0) is 16.1 Å². The summed E-state index contributed by atoms with van der Waals surface area (Å²) in [5.74, 6) is -0.157. The highest BCUT2D eigenvalue weighted by Crippen LogP contribution is 2.45.